The van der Waals surface area contributed by atoms with E-state index in [0.717, 1.165) is 24.8 Å². The standard InChI is InChI=1S/C16H22O4/c1-16(2,15(18)19-3)10-20-12-8-7-11-5-4-6-14(17)13(11)9-12/h7-9,14,17H,4-6,10H2,1-3H3/t14-/m1/s1. The zero-order valence-corrected chi connectivity index (χ0v) is 12.3. The molecule has 0 aromatic heterocycles. The molecule has 0 amide bonds. The Morgan fingerprint density at radius 1 is 1.45 bits per heavy atom. The molecule has 0 heterocycles. The summed E-state index contributed by atoms with van der Waals surface area (Å²) in [4.78, 5) is 11.6. The number of aliphatic hydroxyl groups excluding tert-OH is 1. The number of benzene rings is 1. The lowest BCUT2D eigenvalue weighted by Crippen LogP contribution is -2.32. The van der Waals surface area contributed by atoms with Crippen LogP contribution in [0.25, 0.3) is 0 Å². The van der Waals surface area contributed by atoms with Crippen LogP contribution in [0, 0.1) is 5.41 Å². The van der Waals surface area contributed by atoms with E-state index >= 15 is 0 Å². The van der Waals surface area contributed by atoms with Crippen LogP contribution in [0.4, 0.5) is 0 Å². The maximum Gasteiger partial charge on any atom is 0.314 e. The molecule has 1 aromatic carbocycles. The molecule has 20 heavy (non-hydrogen) atoms. The van der Waals surface area contributed by atoms with Gasteiger partial charge in [-0.3, -0.25) is 4.79 Å². The van der Waals surface area contributed by atoms with Gasteiger partial charge in [-0.05, 0) is 56.4 Å². The molecule has 4 heteroatoms. The lowest BCUT2D eigenvalue weighted by molar-refractivity contribution is -0.152. The number of esters is 1. The third-order valence-corrected chi connectivity index (χ3v) is 3.74. The van der Waals surface area contributed by atoms with E-state index in [4.69, 9.17) is 9.47 Å². The number of ether oxygens (including phenoxy) is 2. The fourth-order valence-corrected chi connectivity index (χ4v) is 2.44. The average molecular weight is 278 g/mol. The maximum atomic E-state index is 11.6. The van der Waals surface area contributed by atoms with Crippen molar-refractivity contribution in [1.82, 2.24) is 0 Å². The Labute approximate surface area is 119 Å². The lowest BCUT2D eigenvalue weighted by Gasteiger charge is -2.24. The molecule has 1 aliphatic carbocycles. The first-order valence-corrected chi connectivity index (χ1v) is 6.96. The highest BCUT2D eigenvalue weighted by Gasteiger charge is 2.30. The molecular formula is C16H22O4. The van der Waals surface area contributed by atoms with Crippen molar-refractivity contribution in [2.75, 3.05) is 13.7 Å². The molecule has 4 nitrogen and oxygen atoms in total. The Morgan fingerprint density at radius 3 is 2.90 bits per heavy atom. The SMILES string of the molecule is COC(=O)C(C)(C)COc1ccc2c(c1)[C@H](O)CCC2. The number of rotatable bonds is 4. The van der Waals surface area contributed by atoms with Crippen LogP contribution >= 0.6 is 0 Å². The molecule has 0 unspecified atom stereocenters. The van der Waals surface area contributed by atoms with E-state index in [1.165, 1.54) is 12.7 Å². The van der Waals surface area contributed by atoms with Crippen molar-refractivity contribution in [2.45, 2.75) is 39.2 Å². The Balaban J connectivity index is 2.08. The van der Waals surface area contributed by atoms with Crippen molar-refractivity contribution in [1.29, 1.82) is 0 Å². The molecule has 1 aromatic rings. The quantitative estimate of drug-likeness (QED) is 0.860. The number of fused-ring (bicyclic) bond motifs is 1. The summed E-state index contributed by atoms with van der Waals surface area (Å²) in [5.74, 6) is 0.386. The Hall–Kier alpha value is -1.55. The minimum atomic E-state index is -0.691. The predicted molar refractivity (Wildman–Crippen MR) is 75.6 cm³/mol. The summed E-state index contributed by atoms with van der Waals surface area (Å²) in [5, 5.41) is 10.0. The van der Waals surface area contributed by atoms with Crippen molar-refractivity contribution in [2.24, 2.45) is 5.41 Å². The molecule has 0 aliphatic heterocycles. The molecule has 2 rings (SSSR count). The van der Waals surface area contributed by atoms with Gasteiger partial charge in [-0.15, -0.1) is 0 Å². The summed E-state index contributed by atoms with van der Waals surface area (Å²) in [6, 6.07) is 5.77. The second-order valence-corrected chi connectivity index (χ2v) is 5.93. The molecule has 1 atom stereocenters. The van der Waals surface area contributed by atoms with E-state index in [0.29, 0.717) is 5.75 Å². The van der Waals surface area contributed by atoms with Crippen LogP contribution in [0.3, 0.4) is 0 Å². The Kier molecular flexibility index (Phi) is 4.33. The van der Waals surface area contributed by atoms with Crippen molar-refractivity contribution in [3.05, 3.63) is 29.3 Å². The number of carbonyl (C=O) groups excluding carboxylic acids is 1. The topological polar surface area (TPSA) is 55.8 Å². The van der Waals surface area contributed by atoms with Gasteiger partial charge in [-0.1, -0.05) is 6.07 Å². The fraction of sp³-hybridized carbons (Fsp3) is 0.562. The van der Waals surface area contributed by atoms with Gasteiger partial charge in [-0.2, -0.15) is 0 Å². The van der Waals surface area contributed by atoms with E-state index in [1.54, 1.807) is 13.8 Å². The minimum absolute atomic E-state index is 0.245. The van der Waals surface area contributed by atoms with Crippen molar-refractivity contribution >= 4 is 5.97 Å². The van der Waals surface area contributed by atoms with Gasteiger partial charge >= 0.3 is 5.97 Å². The van der Waals surface area contributed by atoms with Gasteiger partial charge in [0.25, 0.3) is 0 Å². The van der Waals surface area contributed by atoms with Crippen LogP contribution in [0.2, 0.25) is 0 Å². The van der Waals surface area contributed by atoms with Crippen molar-refractivity contribution in [3.8, 4) is 5.75 Å². The largest absolute Gasteiger partial charge is 0.492 e. The first kappa shape index (κ1) is 14.9. The number of aryl methyl sites for hydroxylation is 1. The van der Waals surface area contributed by atoms with Gasteiger partial charge in [0.2, 0.25) is 0 Å². The molecule has 0 spiro atoms. The zero-order valence-electron chi connectivity index (χ0n) is 12.3. The van der Waals surface area contributed by atoms with Gasteiger partial charge in [0, 0.05) is 0 Å². The molecule has 0 bridgehead atoms. The smallest absolute Gasteiger partial charge is 0.314 e. The van der Waals surface area contributed by atoms with E-state index in [2.05, 4.69) is 0 Å². The minimum Gasteiger partial charge on any atom is -0.492 e. The van der Waals surface area contributed by atoms with E-state index in [1.807, 2.05) is 18.2 Å². The van der Waals surface area contributed by atoms with Crippen LogP contribution in [0.1, 0.15) is 43.9 Å². The van der Waals surface area contributed by atoms with Crippen LogP contribution in [-0.2, 0) is 16.0 Å². The van der Waals surface area contributed by atoms with Crippen LogP contribution in [0.5, 0.6) is 5.75 Å². The molecule has 0 radical (unpaired) electrons. The molecular weight excluding hydrogens is 256 g/mol. The van der Waals surface area contributed by atoms with Crippen molar-refractivity contribution < 1.29 is 19.4 Å². The van der Waals surface area contributed by atoms with Gasteiger partial charge < -0.3 is 14.6 Å². The number of hydrogen-bond donors (Lipinski definition) is 1. The van der Waals surface area contributed by atoms with Gasteiger partial charge in [0.05, 0.1) is 18.6 Å². The van der Waals surface area contributed by atoms with Crippen LogP contribution < -0.4 is 4.74 Å². The van der Waals surface area contributed by atoms with Gasteiger partial charge in [0.1, 0.15) is 12.4 Å². The van der Waals surface area contributed by atoms with Gasteiger partial charge in [-0.25, -0.2) is 0 Å². The fourth-order valence-electron chi connectivity index (χ4n) is 2.44. The first-order chi connectivity index (χ1) is 9.44. The molecule has 1 N–H and O–H groups in total. The maximum absolute atomic E-state index is 11.6. The van der Waals surface area contributed by atoms with E-state index in [9.17, 15) is 9.90 Å². The summed E-state index contributed by atoms with van der Waals surface area (Å²) in [5.41, 5.74) is 1.44. The monoisotopic (exact) mass is 278 g/mol. The highest BCUT2D eigenvalue weighted by molar-refractivity contribution is 5.75. The highest BCUT2D eigenvalue weighted by atomic mass is 16.5. The highest BCUT2D eigenvalue weighted by Crippen LogP contribution is 2.32. The molecule has 110 valence electrons. The summed E-state index contributed by atoms with van der Waals surface area (Å²) in [7, 11) is 1.37. The summed E-state index contributed by atoms with van der Waals surface area (Å²) >= 11 is 0. The number of aliphatic hydroxyl groups is 1. The number of carbonyl (C=O) groups is 1. The van der Waals surface area contributed by atoms with Crippen LogP contribution in [0.15, 0.2) is 18.2 Å². The molecule has 0 saturated heterocycles. The third-order valence-electron chi connectivity index (χ3n) is 3.74. The summed E-state index contributed by atoms with van der Waals surface area (Å²) in [6.45, 7) is 3.81. The lowest BCUT2D eigenvalue weighted by atomic mass is 9.89. The Bertz CT molecular complexity index is 493. The van der Waals surface area contributed by atoms with Crippen LogP contribution in [-0.4, -0.2) is 24.8 Å². The van der Waals surface area contributed by atoms with Gasteiger partial charge in [0.15, 0.2) is 0 Å². The first-order valence-electron chi connectivity index (χ1n) is 6.96. The van der Waals surface area contributed by atoms with E-state index < -0.39 is 11.5 Å². The third kappa shape index (κ3) is 3.12. The van der Waals surface area contributed by atoms with Crippen molar-refractivity contribution in [3.63, 3.8) is 0 Å². The summed E-state index contributed by atoms with van der Waals surface area (Å²) in [6.07, 6.45) is 2.41. The molecule has 0 fully saturated rings. The van der Waals surface area contributed by atoms with E-state index in [-0.39, 0.29) is 12.6 Å². The normalized spacial score (nSPS) is 18.3. The second kappa shape index (κ2) is 5.83. The zero-order chi connectivity index (χ0) is 14.8. The second-order valence-electron chi connectivity index (χ2n) is 5.93. The predicted octanol–water partition coefficient (Wildman–Crippen LogP) is 2.63. The number of methoxy groups -OCH3 is 1. The molecule has 1 aliphatic rings. The average Bonchev–Trinajstić information content (AvgIpc) is 2.45. The Morgan fingerprint density at radius 2 is 2.20 bits per heavy atom. The number of hydrogen-bond acceptors (Lipinski definition) is 4. The molecule has 0 saturated carbocycles. The summed E-state index contributed by atoms with van der Waals surface area (Å²) < 4.78 is 10.4.